The van der Waals surface area contributed by atoms with E-state index in [2.05, 4.69) is 21.2 Å². The first-order valence-electron chi connectivity index (χ1n) is 5.04. The Balaban J connectivity index is 2.46. The molecular weight excluding hydrogens is 272 g/mol. The van der Waals surface area contributed by atoms with Gasteiger partial charge in [-0.25, -0.2) is 0 Å². The SMILES string of the molecule is CCOC(=O)CNCc1c(N)cccc1Br. The normalized spacial score (nSPS) is 10.1. The number of nitrogens with one attached hydrogen (secondary N) is 1. The molecule has 0 aliphatic rings. The third-order valence-corrected chi connectivity index (χ3v) is 2.77. The van der Waals surface area contributed by atoms with Crippen molar-refractivity contribution in [1.82, 2.24) is 5.32 Å². The lowest BCUT2D eigenvalue weighted by molar-refractivity contribution is -0.142. The van der Waals surface area contributed by atoms with Crippen molar-refractivity contribution in [2.75, 3.05) is 18.9 Å². The van der Waals surface area contributed by atoms with Crippen LogP contribution in [0.4, 0.5) is 5.69 Å². The smallest absolute Gasteiger partial charge is 0.319 e. The Morgan fingerprint density at radius 1 is 1.56 bits per heavy atom. The maximum atomic E-state index is 11.1. The maximum Gasteiger partial charge on any atom is 0.319 e. The highest BCUT2D eigenvalue weighted by Gasteiger charge is 2.05. The van der Waals surface area contributed by atoms with Gasteiger partial charge in [-0.3, -0.25) is 4.79 Å². The third-order valence-electron chi connectivity index (χ3n) is 2.03. The van der Waals surface area contributed by atoms with Gasteiger partial charge < -0.3 is 15.8 Å². The topological polar surface area (TPSA) is 64.3 Å². The molecule has 0 unspecified atom stereocenters. The molecule has 0 atom stereocenters. The van der Waals surface area contributed by atoms with E-state index >= 15 is 0 Å². The van der Waals surface area contributed by atoms with Crippen molar-refractivity contribution in [3.63, 3.8) is 0 Å². The minimum absolute atomic E-state index is 0.189. The lowest BCUT2D eigenvalue weighted by Gasteiger charge is -2.09. The molecule has 1 aromatic rings. The fourth-order valence-electron chi connectivity index (χ4n) is 1.26. The van der Waals surface area contributed by atoms with Gasteiger partial charge in [0.1, 0.15) is 0 Å². The number of nitrogen functional groups attached to an aromatic ring is 1. The zero-order chi connectivity index (χ0) is 12.0. The van der Waals surface area contributed by atoms with Gasteiger partial charge in [-0.1, -0.05) is 22.0 Å². The fourth-order valence-corrected chi connectivity index (χ4v) is 1.79. The van der Waals surface area contributed by atoms with E-state index < -0.39 is 0 Å². The van der Waals surface area contributed by atoms with Gasteiger partial charge in [-0.05, 0) is 19.1 Å². The molecule has 0 bridgehead atoms. The Bertz CT molecular complexity index is 349. The summed E-state index contributed by atoms with van der Waals surface area (Å²) in [6.45, 7) is 2.90. The Morgan fingerprint density at radius 2 is 2.31 bits per heavy atom. The van der Waals surface area contributed by atoms with Gasteiger partial charge in [0, 0.05) is 22.3 Å². The van der Waals surface area contributed by atoms with Gasteiger partial charge in [0.2, 0.25) is 0 Å². The molecule has 4 nitrogen and oxygen atoms in total. The molecule has 0 radical (unpaired) electrons. The number of ether oxygens (including phenoxy) is 1. The predicted molar refractivity (Wildman–Crippen MR) is 66.9 cm³/mol. The van der Waals surface area contributed by atoms with Gasteiger partial charge in [0.25, 0.3) is 0 Å². The molecule has 0 aliphatic heterocycles. The highest BCUT2D eigenvalue weighted by atomic mass is 79.9. The van der Waals surface area contributed by atoms with Crippen LogP contribution in [0, 0.1) is 0 Å². The number of esters is 1. The molecule has 0 aromatic heterocycles. The number of rotatable bonds is 5. The Kier molecular flexibility index (Phi) is 5.28. The largest absolute Gasteiger partial charge is 0.465 e. The molecule has 88 valence electrons. The van der Waals surface area contributed by atoms with Crippen LogP contribution in [-0.2, 0) is 16.1 Å². The molecule has 1 aromatic carbocycles. The van der Waals surface area contributed by atoms with Crippen LogP contribution in [0.2, 0.25) is 0 Å². The zero-order valence-electron chi connectivity index (χ0n) is 9.13. The number of nitrogens with two attached hydrogens (primary N) is 1. The van der Waals surface area contributed by atoms with Crippen molar-refractivity contribution in [3.05, 3.63) is 28.2 Å². The van der Waals surface area contributed by atoms with E-state index in [9.17, 15) is 4.79 Å². The van der Waals surface area contributed by atoms with Crippen molar-refractivity contribution in [2.24, 2.45) is 0 Å². The van der Waals surface area contributed by atoms with Crippen LogP contribution in [0.25, 0.3) is 0 Å². The summed E-state index contributed by atoms with van der Waals surface area (Å²) >= 11 is 3.41. The van der Waals surface area contributed by atoms with Crippen LogP contribution in [-0.4, -0.2) is 19.1 Å². The lowest BCUT2D eigenvalue weighted by atomic mass is 10.2. The first-order valence-corrected chi connectivity index (χ1v) is 5.83. The van der Waals surface area contributed by atoms with Gasteiger partial charge in [-0.15, -0.1) is 0 Å². The molecule has 0 spiro atoms. The average Bonchev–Trinajstić information content (AvgIpc) is 2.23. The molecule has 0 aliphatic carbocycles. The summed E-state index contributed by atoms with van der Waals surface area (Å²) in [7, 11) is 0. The van der Waals surface area contributed by atoms with Gasteiger partial charge in [0.05, 0.1) is 13.2 Å². The highest BCUT2D eigenvalue weighted by Crippen LogP contribution is 2.21. The number of carbonyl (C=O) groups excluding carboxylic acids is 1. The molecule has 5 heteroatoms. The van der Waals surface area contributed by atoms with Crippen LogP contribution in [0.15, 0.2) is 22.7 Å². The van der Waals surface area contributed by atoms with Crippen LogP contribution >= 0.6 is 15.9 Å². The Morgan fingerprint density at radius 3 is 2.94 bits per heavy atom. The number of carbonyl (C=O) groups is 1. The minimum Gasteiger partial charge on any atom is -0.465 e. The van der Waals surface area contributed by atoms with E-state index in [1.54, 1.807) is 6.92 Å². The maximum absolute atomic E-state index is 11.1. The van der Waals surface area contributed by atoms with Crippen molar-refractivity contribution >= 4 is 27.6 Å². The number of anilines is 1. The Labute approximate surface area is 103 Å². The average molecular weight is 287 g/mol. The first kappa shape index (κ1) is 13.0. The van der Waals surface area contributed by atoms with Crippen LogP contribution in [0.1, 0.15) is 12.5 Å². The minimum atomic E-state index is -0.256. The van der Waals surface area contributed by atoms with E-state index in [0.717, 1.165) is 10.0 Å². The van der Waals surface area contributed by atoms with Crippen molar-refractivity contribution in [2.45, 2.75) is 13.5 Å². The molecular formula is C11H15BrN2O2. The monoisotopic (exact) mass is 286 g/mol. The second-order valence-corrected chi connectivity index (χ2v) is 4.07. The number of hydrogen-bond acceptors (Lipinski definition) is 4. The summed E-state index contributed by atoms with van der Waals surface area (Å²) in [5.41, 5.74) is 7.46. The molecule has 0 saturated heterocycles. The summed E-state index contributed by atoms with van der Waals surface area (Å²) in [6.07, 6.45) is 0. The van der Waals surface area contributed by atoms with Crippen LogP contribution < -0.4 is 11.1 Å². The van der Waals surface area contributed by atoms with Gasteiger partial charge >= 0.3 is 5.97 Å². The summed E-state index contributed by atoms with van der Waals surface area (Å²) in [6, 6.07) is 5.61. The van der Waals surface area contributed by atoms with Crippen LogP contribution in [0.3, 0.4) is 0 Å². The van der Waals surface area contributed by atoms with Crippen molar-refractivity contribution in [1.29, 1.82) is 0 Å². The molecule has 1 rings (SSSR count). The van der Waals surface area contributed by atoms with Gasteiger partial charge in [-0.2, -0.15) is 0 Å². The summed E-state index contributed by atoms with van der Waals surface area (Å²) in [5.74, 6) is -0.256. The van der Waals surface area contributed by atoms with Crippen molar-refractivity contribution in [3.8, 4) is 0 Å². The highest BCUT2D eigenvalue weighted by molar-refractivity contribution is 9.10. The quantitative estimate of drug-likeness (QED) is 0.639. The zero-order valence-corrected chi connectivity index (χ0v) is 10.7. The fraction of sp³-hybridized carbons (Fsp3) is 0.364. The Hall–Kier alpha value is -1.07. The van der Waals surface area contributed by atoms with E-state index in [4.69, 9.17) is 10.5 Å². The number of hydrogen-bond donors (Lipinski definition) is 2. The molecule has 16 heavy (non-hydrogen) atoms. The summed E-state index contributed by atoms with van der Waals surface area (Å²) in [4.78, 5) is 11.1. The van der Waals surface area contributed by atoms with E-state index in [-0.39, 0.29) is 12.5 Å². The second kappa shape index (κ2) is 6.50. The van der Waals surface area contributed by atoms with E-state index in [0.29, 0.717) is 18.8 Å². The van der Waals surface area contributed by atoms with E-state index in [1.165, 1.54) is 0 Å². The standard InChI is InChI=1S/C11H15BrN2O2/c1-2-16-11(15)7-14-6-8-9(12)4-3-5-10(8)13/h3-5,14H,2,6-7,13H2,1H3. The molecule has 0 saturated carbocycles. The van der Waals surface area contributed by atoms with E-state index in [1.807, 2.05) is 18.2 Å². The molecule has 0 fully saturated rings. The second-order valence-electron chi connectivity index (χ2n) is 3.22. The third kappa shape index (κ3) is 3.83. The first-order chi connectivity index (χ1) is 7.65. The van der Waals surface area contributed by atoms with Gasteiger partial charge in [0.15, 0.2) is 0 Å². The molecule has 0 amide bonds. The molecule has 3 N–H and O–H groups in total. The van der Waals surface area contributed by atoms with Crippen molar-refractivity contribution < 1.29 is 9.53 Å². The molecule has 0 heterocycles. The van der Waals surface area contributed by atoms with Crippen LogP contribution in [0.5, 0.6) is 0 Å². The number of halogens is 1. The summed E-state index contributed by atoms with van der Waals surface area (Å²) in [5, 5.41) is 2.98. The predicted octanol–water partition coefficient (Wildman–Crippen LogP) is 1.68. The number of benzene rings is 1. The summed E-state index contributed by atoms with van der Waals surface area (Å²) < 4.78 is 5.73. The lowest BCUT2D eigenvalue weighted by Crippen LogP contribution is -2.24.